The number of rotatable bonds is 4. The molecule has 5 nitrogen and oxygen atoms in total. The first kappa shape index (κ1) is 16.3. The van der Waals surface area contributed by atoms with Crippen LogP contribution in [0.25, 0.3) is 0 Å². The molecule has 0 atom stereocenters. The molecule has 0 unspecified atom stereocenters. The molecular weight excluding hydrogens is 328 g/mol. The van der Waals surface area contributed by atoms with E-state index in [9.17, 15) is 4.79 Å². The highest BCUT2D eigenvalue weighted by molar-refractivity contribution is 5.74. The molecule has 0 spiro atoms. The third-order valence-electron chi connectivity index (χ3n) is 6.83. The van der Waals surface area contributed by atoms with Crippen molar-refractivity contribution < 1.29 is 14.3 Å². The van der Waals surface area contributed by atoms with Gasteiger partial charge in [0.15, 0.2) is 11.5 Å². The molecule has 0 saturated heterocycles. The zero-order chi connectivity index (χ0) is 17.5. The van der Waals surface area contributed by atoms with Crippen LogP contribution >= 0.6 is 0 Å². The average Bonchev–Trinajstić information content (AvgIpc) is 2.64. The number of nitrogens with one attached hydrogen (secondary N) is 2. The highest BCUT2D eigenvalue weighted by atomic mass is 16.6. The first-order valence-corrected chi connectivity index (χ1v) is 10.2. The Bertz CT molecular complexity index is 662. The third-order valence-corrected chi connectivity index (χ3v) is 6.83. The van der Waals surface area contributed by atoms with Crippen molar-refractivity contribution in [3.05, 3.63) is 23.8 Å². The van der Waals surface area contributed by atoms with E-state index in [1.165, 1.54) is 32.1 Å². The van der Waals surface area contributed by atoms with Crippen molar-refractivity contribution in [2.24, 2.45) is 23.7 Å². The lowest BCUT2D eigenvalue weighted by Gasteiger charge is -2.54. The Labute approximate surface area is 154 Å². The minimum Gasteiger partial charge on any atom is -0.486 e. The van der Waals surface area contributed by atoms with Gasteiger partial charge < -0.3 is 20.1 Å². The highest BCUT2D eigenvalue weighted by Crippen LogP contribution is 2.53. The van der Waals surface area contributed by atoms with Crippen molar-refractivity contribution in [2.75, 3.05) is 19.8 Å². The minimum absolute atomic E-state index is 0.0000156. The zero-order valence-corrected chi connectivity index (χ0v) is 15.2. The van der Waals surface area contributed by atoms with Gasteiger partial charge in [0, 0.05) is 12.6 Å². The van der Waals surface area contributed by atoms with Crippen molar-refractivity contribution in [3.8, 4) is 11.5 Å². The second-order valence-corrected chi connectivity index (χ2v) is 8.58. The highest BCUT2D eigenvalue weighted by Gasteiger charge is 2.48. The fraction of sp³-hybridized carbons (Fsp3) is 0.667. The molecule has 4 bridgehead atoms. The second-order valence-electron chi connectivity index (χ2n) is 8.58. The largest absolute Gasteiger partial charge is 0.486 e. The van der Waals surface area contributed by atoms with Crippen molar-refractivity contribution in [3.63, 3.8) is 0 Å². The van der Waals surface area contributed by atoms with Crippen LogP contribution in [0.2, 0.25) is 0 Å². The number of urea groups is 1. The number of amides is 2. The molecule has 26 heavy (non-hydrogen) atoms. The molecule has 6 rings (SSSR count). The predicted octanol–water partition coefficient (Wildman–Crippen LogP) is 3.12. The summed E-state index contributed by atoms with van der Waals surface area (Å²) in [5.74, 6) is 4.94. The molecule has 5 heteroatoms. The summed E-state index contributed by atoms with van der Waals surface area (Å²) in [5.41, 5.74) is 1.16. The number of fused-ring (bicyclic) bond motifs is 1. The van der Waals surface area contributed by atoms with Gasteiger partial charge in [-0.2, -0.15) is 0 Å². The Kier molecular flexibility index (Phi) is 4.18. The van der Waals surface area contributed by atoms with Crippen LogP contribution in [0.4, 0.5) is 4.79 Å². The Balaban J connectivity index is 1.11. The summed E-state index contributed by atoms with van der Waals surface area (Å²) >= 11 is 0. The van der Waals surface area contributed by atoms with Crippen LogP contribution in [0.1, 0.15) is 37.7 Å². The molecule has 140 valence electrons. The van der Waals surface area contributed by atoms with Crippen LogP contribution in [-0.4, -0.2) is 31.8 Å². The van der Waals surface area contributed by atoms with E-state index in [2.05, 4.69) is 10.6 Å². The first-order valence-electron chi connectivity index (χ1n) is 10.2. The number of hydrogen-bond donors (Lipinski definition) is 2. The lowest BCUT2D eigenvalue weighted by molar-refractivity contribution is -0.00940. The standard InChI is InChI=1S/C21H28N2O3/c24-21(23-20-16-8-14-7-15(10-16)11-17(20)9-14)22-4-3-13-1-2-18-19(12-13)26-6-5-25-18/h1-2,12,14-17,20H,3-11H2,(H2,22,23,24). The molecule has 1 aliphatic heterocycles. The molecule has 0 radical (unpaired) electrons. The van der Waals surface area contributed by atoms with Gasteiger partial charge in [-0.05, 0) is 79.9 Å². The summed E-state index contributed by atoms with van der Waals surface area (Å²) in [6.07, 6.45) is 7.56. The van der Waals surface area contributed by atoms with E-state index < -0.39 is 0 Å². The van der Waals surface area contributed by atoms with Crippen LogP contribution in [0, 0.1) is 23.7 Å². The van der Waals surface area contributed by atoms with Gasteiger partial charge in [-0.3, -0.25) is 0 Å². The third kappa shape index (κ3) is 3.12. The van der Waals surface area contributed by atoms with Gasteiger partial charge in [-0.25, -0.2) is 4.79 Å². The van der Waals surface area contributed by atoms with E-state index in [4.69, 9.17) is 9.47 Å². The van der Waals surface area contributed by atoms with Crippen LogP contribution in [0.3, 0.4) is 0 Å². The number of hydrogen-bond acceptors (Lipinski definition) is 3. The van der Waals surface area contributed by atoms with Gasteiger partial charge in [0.1, 0.15) is 13.2 Å². The molecule has 4 fully saturated rings. The Morgan fingerprint density at radius 3 is 2.38 bits per heavy atom. The number of carbonyl (C=O) groups excluding carboxylic acids is 1. The molecule has 5 aliphatic rings. The van der Waals surface area contributed by atoms with Crippen molar-refractivity contribution in [1.29, 1.82) is 0 Å². The Morgan fingerprint density at radius 1 is 0.962 bits per heavy atom. The van der Waals surface area contributed by atoms with Crippen molar-refractivity contribution >= 4 is 6.03 Å². The average molecular weight is 356 g/mol. The van der Waals surface area contributed by atoms with Gasteiger partial charge in [0.25, 0.3) is 0 Å². The predicted molar refractivity (Wildman–Crippen MR) is 98.5 cm³/mol. The maximum atomic E-state index is 12.4. The van der Waals surface area contributed by atoms with Crippen molar-refractivity contribution in [1.82, 2.24) is 10.6 Å². The van der Waals surface area contributed by atoms with E-state index in [0.717, 1.165) is 47.2 Å². The SMILES string of the molecule is O=C(NCCc1ccc2c(c1)OCCO2)NC1C2CC3CC(C2)CC1C3. The minimum atomic E-state index is 0.0000156. The second kappa shape index (κ2) is 6.67. The van der Waals surface area contributed by atoms with E-state index in [1.54, 1.807) is 0 Å². The van der Waals surface area contributed by atoms with Gasteiger partial charge in [0.05, 0.1) is 0 Å². The quantitative estimate of drug-likeness (QED) is 0.871. The summed E-state index contributed by atoms with van der Waals surface area (Å²) in [5, 5.41) is 6.35. The van der Waals surface area contributed by atoms with E-state index in [-0.39, 0.29) is 6.03 Å². The molecular formula is C21H28N2O3. The number of ether oxygens (including phenoxy) is 2. The maximum absolute atomic E-state index is 12.4. The normalized spacial score (nSPS) is 33.8. The maximum Gasteiger partial charge on any atom is 0.315 e. The fourth-order valence-corrected chi connectivity index (χ4v) is 5.93. The summed E-state index contributed by atoms with van der Waals surface area (Å²) in [7, 11) is 0. The van der Waals surface area contributed by atoms with Crippen LogP contribution in [0.5, 0.6) is 11.5 Å². The molecule has 1 heterocycles. The van der Waals surface area contributed by atoms with E-state index >= 15 is 0 Å². The first-order chi connectivity index (χ1) is 12.7. The topological polar surface area (TPSA) is 59.6 Å². The lowest BCUT2D eigenvalue weighted by Crippen LogP contribution is -2.57. The fourth-order valence-electron chi connectivity index (χ4n) is 5.93. The Hall–Kier alpha value is -1.91. The molecule has 2 N–H and O–H groups in total. The Morgan fingerprint density at radius 2 is 1.65 bits per heavy atom. The molecule has 0 aromatic heterocycles. The molecule has 4 saturated carbocycles. The van der Waals surface area contributed by atoms with Gasteiger partial charge in [0.2, 0.25) is 0 Å². The summed E-state index contributed by atoms with van der Waals surface area (Å²) < 4.78 is 11.2. The molecule has 1 aromatic carbocycles. The van der Waals surface area contributed by atoms with E-state index in [1.807, 2.05) is 18.2 Å². The monoisotopic (exact) mass is 356 g/mol. The summed E-state index contributed by atoms with van der Waals surface area (Å²) in [6, 6.07) is 6.42. The lowest BCUT2D eigenvalue weighted by atomic mass is 9.54. The van der Waals surface area contributed by atoms with E-state index in [0.29, 0.717) is 25.8 Å². The molecule has 2 amide bonds. The number of benzene rings is 1. The number of carbonyl (C=O) groups is 1. The van der Waals surface area contributed by atoms with Crippen LogP contribution < -0.4 is 20.1 Å². The van der Waals surface area contributed by atoms with Crippen LogP contribution in [0.15, 0.2) is 18.2 Å². The van der Waals surface area contributed by atoms with Gasteiger partial charge in [-0.15, -0.1) is 0 Å². The zero-order valence-electron chi connectivity index (χ0n) is 15.2. The smallest absolute Gasteiger partial charge is 0.315 e. The van der Waals surface area contributed by atoms with Crippen LogP contribution in [-0.2, 0) is 6.42 Å². The van der Waals surface area contributed by atoms with Gasteiger partial charge in [-0.1, -0.05) is 6.07 Å². The summed E-state index contributed by atoms with van der Waals surface area (Å²) in [4.78, 5) is 12.4. The molecule has 4 aliphatic carbocycles. The van der Waals surface area contributed by atoms with Gasteiger partial charge >= 0.3 is 6.03 Å². The van der Waals surface area contributed by atoms with Crippen molar-refractivity contribution in [2.45, 2.75) is 44.6 Å². The summed E-state index contributed by atoms with van der Waals surface area (Å²) in [6.45, 7) is 1.85. The molecule has 1 aromatic rings.